The summed E-state index contributed by atoms with van der Waals surface area (Å²) in [5, 5.41) is 4.52. The molecule has 1 unspecified atom stereocenters. The molecule has 2 aromatic rings. The van der Waals surface area contributed by atoms with Crippen LogP contribution in [0.25, 0.3) is 0 Å². The van der Waals surface area contributed by atoms with E-state index in [0.717, 1.165) is 24.4 Å². The van der Waals surface area contributed by atoms with E-state index in [4.69, 9.17) is 0 Å². The summed E-state index contributed by atoms with van der Waals surface area (Å²) in [6.07, 6.45) is 4.21. The summed E-state index contributed by atoms with van der Waals surface area (Å²) in [4.78, 5) is 5.76. The van der Waals surface area contributed by atoms with Gasteiger partial charge in [0.05, 0.1) is 5.01 Å². The Morgan fingerprint density at radius 2 is 2.00 bits per heavy atom. The summed E-state index contributed by atoms with van der Waals surface area (Å²) in [5.74, 6) is 0. The predicted octanol–water partition coefficient (Wildman–Crippen LogP) is 3.56. The maximum Gasteiger partial charge on any atom is 0.0896 e. The van der Waals surface area contributed by atoms with E-state index in [0.29, 0.717) is 0 Å². The first kappa shape index (κ1) is 14.2. The van der Waals surface area contributed by atoms with Gasteiger partial charge in [0.2, 0.25) is 0 Å². The van der Waals surface area contributed by atoms with E-state index in [9.17, 15) is 0 Å². The number of hydrogen-bond donors (Lipinski definition) is 1. The molecule has 1 aromatic heterocycles. The van der Waals surface area contributed by atoms with Crippen LogP contribution in [-0.2, 0) is 11.8 Å². The second-order valence-corrected chi connectivity index (χ2v) is 6.37. The molecule has 1 N–H and O–H groups in total. The standard InChI is InChI=1S/C16H22N2S/c1-4-16(12-17-3,14-8-6-5-7-9-14)10-15-11-18-13(2)19-15/h5-9,11,17H,4,10,12H2,1-3H3. The van der Waals surface area contributed by atoms with Gasteiger partial charge in [-0.1, -0.05) is 37.3 Å². The zero-order chi connectivity index (χ0) is 13.7. The number of aryl methyl sites for hydroxylation is 1. The topological polar surface area (TPSA) is 24.9 Å². The molecule has 0 saturated carbocycles. The first-order valence-corrected chi connectivity index (χ1v) is 7.63. The Kier molecular flexibility index (Phi) is 4.72. The average Bonchev–Trinajstić information content (AvgIpc) is 2.84. The van der Waals surface area contributed by atoms with Gasteiger partial charge in [0, 0.05) is 23.0 Å². The first-order valence-electron chi connectivity index (χ1n) is 6.81. The highest BCUT2D eigenvalue weighted by Crippen LogP contribution is 2.33. The van der Waals surface area contributed by atoms with Gasteiger partial charge in [0.15, 0.2) is 0 Å². The molecule has 0 radical (unpaired) electrons. The highest BCUT2D eigenvalue weighted by Gasteiger charge is 2.30. The predicted molar refractivity (Wildman–Crippen MR) is 82.9 cm³/mol. The minimum atomic E-state index is 0.162. The van der Waals surface area contributed by atoms with Crippen LogP contribution in [0.2, 0.25) is 0 Å². The van der Waals surface area contributed by atoms with Crippen molar-refractivity contribution in [3.05, 3.63) is 52.0 Å². The zero-order valence-electron chi connectivity index (χ0n) is 11.9. The van der Waals surface area contributed by atoms with Gasteiger partial charge >= 0.3 is 0 Å². The van der Waals surface area contributed by atoms with Gasteiger partial charge in [0.25, 0.3) is 0 Å². The van der Waals surface area contributed by atoms with Crippen molar-refractivity contribution in [2.45, 2.75) is 32.1 Å². The van der Waals surface area contributed by atoms with Gasteiger partial charge in [-0.2, -0.15) is 0 Å². The first-order chi connectivity index (χ1) is 9.20. The van der Waals surface area contributed by atoms with Gasteiger partial charge in [0.1, 0.15) is 0 Å². The number of rotatable bonds is 6. The van der Waals surface area contributed by atoms with E-state index in [1.807, 2.05) is 24.6 Å². The van der Waals surface area contributed by atoms with Gasteiger partial charge in [-0.15, -0.1) is 11.3 Å². The largest absolute Gasteiger partial charge is 0.319 e. The molecular formula is C16H22N2S. The lowest BCUT2D eigenvalue weighted by molar-refractivity contribution is 0.393. The maximum atomic E-state index is 4.39. The third-order valence-corrected chi connectivity index (χ3v) is 4.67. The van der Waals surface area contributed by atoms with E-state index >= 15 is 0 Å². The molecule has 2 rings (SSSR count). The molecule has 1 aromatic carbocycles. The van der Waals surface area contributed by atoms with Crippen LogP contribution in [0.5, 0.6) is 0 Å². The van der Waals surface area contributed by atoms with Crippen LogP contribution in [0.3, 0.4) is 0 Å². The molecule has 0 saturated heterocycles. The molecule has 1 heterocycles. The van der Waals surface area contributed by atoms with Crippen molar-refractivity contribution >= 4 is 11.3 Å². The monoisotopic (exact) mass is 274 g/mol. The molecule has 0 bridgehead atoms. The fraction of sp³-hybridized carbons (Fsp3) is 0.438. The molecule has 0 aliphatic carbocycles. The number of likely N-dealkylation sites (N-methyl/N-ethyl adjacent to an activating group) is 1. The average molecular weight is 274 g/mol. The molecule has 102 valence electrons. The highest BCUT2D eigenvalue weighted by atomic mass is 32.1. The third kappa shape index (κ3) is 3.23. The zero-order valence-corrected chi connectivity index (χ0v) is 12.8. The Hall–Kier alpha value is -1.19. The Bertz CT molecular complexity index is 506. The second kappa shape index (κ2) is 6.31. The van der Waals surface area contributed by atoms with Crippen LogP contribution in [0, 0.1) is 6.92 Å². The van der Waals surface area contributed by atoms with Gasteiger partial charge in [-0.05, 0) is 32.4 Å². The Morgan fingerprint density at radius 3 is 2.53 bits per heavy atom. The number of nitrogens with zero attached hydrogens (tertiary/aromatic N) is 1. The Labute approximate surface area is 119 Å². The SMILES string of the molecule is CCC(CNC)(Cc1cnc(C)s1)c1ccccc1. The van der Waals surface area contributed by atoms with Crippen LogP contribution < -0.4 is 5.32 Å². The molecule has 19 heavy (non-hydrogen) atoms. The molecule has 1 atom stereocenters. The molecule has 2 nitrogen and oxygen atoms in total. The summed E-state index contributed by atoms with van der Waals surface area (Å²) in [7, 11) is 2.03. The van der Waals surface area contributed by atoms with Crippen molar-refractivity contribution in [3.63, 3.8) is 0 Å². The fourth-order valence-electron chi connectivity index (χ4n) is 2.67. The van der Waals surface area contributed by atoms with Crippen molar-refractivity contribution in [2.24, 2.45) is 0 Å². The number of aromatic nitrogens is 1. The Morgan fingerprint density at radius 1 is 1.26 bits per heavy atom. The number of benzene rings is 1. The second-order valence-electron chi connectivity index (χ2n) is 5.05. The van der Waals surface area contributed by atoms with E-state index in [2.05, 4.69) is 54.5 Å². The van der Waals surface area contributed by atoms with Crippen molar-refractivity contribution in [3.8, 4) is 0 Å². The summed E-state index contributed by atoms with van der Waals surface area (Å²) in [6, 6.07) is 10.8. The lowest BCUT2D eigenvalue weighted by atomic mass is 9.75. The van der Waals surface area contributed by atoms with Crippen LogP contribution in [0.15, 0.2) is 36.5 Å². The van der Waals surface area contributed by atoms with Crippen LogP contribution in [0.1, 0.15) is 28.8 Å². The van der Waals surface area contributed by atoms with E-state index < -0.39 is 0 Å². The summed E-state index contributed by atoms with van der Waals surface area (Å²) in [5.41, 5.74) is 1.58. The summed E-state index contributed by atoms with van der Waals surface area (Å²) in [6.45, 7) is 5.34. The lowest BCUT2D eigenvalue weighted by Gasteiger charge is -2.33. The molecule has 0 aliphatic rings. The summed E-state index contributed by atoms with van der Waals surface area (Å²) >= 11 is 1.81. The fourth-order valence-corrected chi connectivity index (χ4v) is 3.61. The molecule has 0 spiro atoms. The van der Waals surface area contributed by atoms with Crippen molar-refractivity contribution in [2.75, 3.05) is 13.6 Å². The third-order valence-electron chi connectivity index (χ3n) is 3.76. The smallest absolute Gasteiger partial charge is 0.0896 e. The molecule has 3 heteroatoms. The van der Waals surface area contributed by atoms with Crippen molar-refractivity contribution in [1.82, 2.24) is 10.3 Å². The van der Waals surface area contributed by atoms with Crippen molar-refractivity contribution in [1.29, 1.82) is 0 Å². The van der Waals surface area contributed by atoms with E-state index in [-0.39, 0.29) is 5.41 Å². The van der Waals surface area contributed by atoms with Gasteiger partial charge < -0.3 is 5.32 Å². The minimum Gasteiger partial charge on any atom is -0.319 e. The van der Waals surface area contributed by atoms with E-state index in [1.54, 1.807) is 0 Å². The molecular weight excluding hydrogens is 252 g/mol. The van der Waals surface area contributed by atoms with Crippen molar-refractivity contribution < 1.29 is 0 Å². The molecule has 0 amide bonds. The normalized spacial score (nSPS) is 14.3. The summed E-state index contributed by atoms with van der Waals surface area (Å²) < 4.78 is 0. The molecule has 0 aliphatic heterocycles. The van der Waals surface area contributed by atoms with Gasteiger partial charge in [-0.25, -0.2) is 4.98 Å². The lowest BCUT2D eigenvalue weighted by Crippen LogP contribution is -2.38. The van der Waals surface area contributed by atoms with Crippen LogP contribution in [0.4, 0.5) is 0 Å². The number of nitrogens with one attached hydrogen (secondary N) is 1. The quantitative estimate of drug-likeness (QED) is 0.871. The Balaban J connectivity index is 2.34. The van der Waals surface area contributed by atoms with Crippen LogP contribution in [-0.4, -0.2) is 18.6 Å². The number of hydrogen-bond acceptors (Lipinski definition) is 3. The maximum absolute atomic E-state index is 4.39. The van der Waals surface area contributed by atoms with E-state index in [1.165, 1.54) is 10.4 Å². The molecule has 0 fully saturated rings. The number of thiazole rings is 1. The minimum absolute atomic E-state index is 0.162. The highest BCUT2D eigenvalue weighted by molar-refractivity contribution is 7.11. The van der Waals surface area contributed by atoms with Gasteiger partial charge in [-0.3, -0.25) is 0 Å². The van der Waals surface area contributed by atoms with Crippen LogP contribution >= 0.6 is 11.3 Å².